The molecule has 61 heavy (non-hydrogen) atoms. The van der Waals surface area contributed by atoms with Crippen molar-refractivity contribution in [3.05, 3.63) is 235 Å². The van der Waals surface area contributed by atoms with Crippen LogP contribution in [0.15, 0.2) is 212 Å². The summed E-state index contributed by atoms with van der Waals surface area (Å²) in [4.78, 5) is 10.5. The zero-order chi connectivity index (χ0) is 40.3. The second-order valence-electron chi connectivity index (χ2n) is 16.1. The van der Waals surface area contributed by atoms with Gasteiger partial charge in [-0.15, -0.1) is 0 Å². The number of pyridine rings is 1. The van der Waals surface area contributed by atoms with Gasteiger partial charge in [-0.25, -0.2) is 9.97 Å². The molecule has 0 saturated carbocycles. The van der Waals surface area contributed by atoms with Crippen molar-refractivity contribution in [2.45, 2.75) is 12.8 Å². The predicted octanol–water partition coefficient (Wildman–Crippen LogP) is 14.6. The normalized spacial score (nSPS) is 12.1. The zero-order valence-corrected chi connectivity index (χ0v) is 33.5. The Balaban J connectivity index is 0.976. The lowest BCUT2D eigenvalue weighted by Crippen LogP contribution is -2.03. The fraction of sp³-hybridized carbons (Fsp3) is 0.0345. The van der Waals surface area contributed by atoms with E-state index in [4.69, 9.17) is 9.97 Å². The molecule has 0 spiro atoms. The van der Waals surface area contributed by atoms with E-state index in [1.54, 1.807) is 0 Å². The first kappa shape index (κ1) is 35.1. The average molecular weight is 778 g/mol. The van der Waals surface area contributed by atoms with Crippen LogP contribution in [0.1, 0.15) is 22.3 Å². The van der Waals surface area contributed by atoms with Crippen molar-refractivity contribution in [3.63, 3.8) is 0 Å². The van der Waals surface area contributed by atoms with E-state index in [1.807, 2.05) is 12.1 Å². The van der Waals surface area contributed by atoms with E-state index in [0.29, 0.717) is 0 Å². The molecule has 286 valence electrons. The van der Waals surface area contributed by atoms with Gasteiger partial charge in [-0.3, -0.25) is 4.57 Å². The molecule has 0 aliphatic heterocycles. The van der Waals surface area contributed by atoms with E-state index >= 15 is 0 Å². The monoisotopic (exact) mass is 777 g/mol. The number of hydrogen-bond acceptors (Lipinski definition) is 2. The third-order valence-electron chi connectivity index (χ3n) is 12.5. The van der Waals surface area contributed by atoms with Gasteiger partial charge in [0.25, 0.3) is 0 Å². The maximum Gasteiger partial charge on any atom is 0.145 e. The van der Waals surface area contributed by atoms with Gasteiger partial charge in [-0.2, -0.15) is 0 Å². The molecule has 0 N–H and O–H groups in total. The third-order valence-corrected chi connectivity index (χ3v) is 12.5. The highest BCUT2D eigenvalue weighted by atomic mass is 15.1. The molecule has 0 bridgehead atoms. The fourth-order valence-corrected chi connectivity index (χ4v) is 9.57. The molecule has 3 nitrogen and oxygen atoms in total. The second-order valence-corrected chi connectivity index (χ2v) is 16.1. The van der Waals surface area contributed by atoms with Crippen LogP contribution in [0, 0.1) is 0 Å². The average Bonchev–Trinajstić information content (AvgIpc) is 3.72. The maximum atomic E-state index is 5.41. The molecule has 2 heterocycles. The lowest BCUT2D eigenvalue weighted by molar-refractivity contribution is 1.10. The standard InChI is InChI=1S/C58H39N3/c1-2-14-41(15-3-1)58-60-55-24-12-13-25-56(55)61(58)46-32-30-39(31-33-46)38-26-28-40(29-27-38)57-53-37-51-45(36-52(53)50-22-10-11-23-54(50)59-57)35-44-18-5-8-20-48(44)47-19-7-4-16-42(47)34-43-17-6-9-21-49(43)51/h1-33,36-37H,34-35H2. The highest BCUT2D eigenvalue weighted by molar-refractivity contribution is 6.12. The van der Waals surface area contributed by atoms with Crippen LogP contribution < -0.4 is 0 Å². The van der Waals surface area contributed by atoms with Crippen molar-refractivity contribution in [3.8, 4) is 61.7 Å². The Bertz CT molecular complexity index is 3450. The summed E-state index contributed by atoms with van der Waals surface area (Å²) >= 11 is 0. The second kappa shape index (κ2) is 14.4. The Labute approximate surface area is 354 Å². The summed E-state index contributed by atoms with van der Waals surface area (Å²) in [7, 11) is 0. The highest BCUT2D eigenvalue weighted by Crippen LogP contribution is 2.42. The SMILES string of the molecule is c1ccc(-c2nc3ccccc3n2-c2ccc(-c3ccc(-c4nc5ccccc5c5cc6c(cc45)-c4ccccc4Cc4ccccc4-c4ccccc4C6)cc3)cc2)cc1. The van der Waals surface area contributed by atoms with E-state index in [0.717, 1.165) is 74.2 Å². The van der Waals surface area contributed by atoms with Gasteiger partial charge in [0.2, 0.25) is 0 Å². The molecule has 0 radical (unpaired) electrons. The quantitative estimate of drug-likeness (QED) is 0.167. The number of nitrogens with zero attached hydrogens (tertiary/aromatic N) is 3. The minimum absolute atomic E-state index is 0.828. The van der Waals surface area contributed by atoms with Crippen LogP contribution in [0.4, 0.5) is 0 Å². The lowest BCUT2D eigenvalue weighted by Gasteiger charge is -2.22. The van der Waals surface area contributed by atoms with Crippen molar-refractivity contribution < 1.29 is 0 Å². The van der Waals surface area contributed by atoms with Crippen LogP contribution in [0.25, 0.3) is 94.4 Å². The van der Waals surface area contributed by atoms with E-state index < -0.39 is 0 Å². The van der Waals surface area contributed by atoms with Crippen LogP contribution in [-0.2, 0) is 12.8 Å². The van der Waals surface area contributed by atoms with Gasteiger partial charge >= 0.3 is 0 Å². The van der Waals surface area contributed by atoms with Crippen molar-refractivity contribution in [2.24, 2.45) is 0 Å². The van der Waals surface area contributed by atoms with E-state index in [9.17, 15) is 0 Å². The van der Waals surface area contributed by atoms with Crippen molar-refractivity contribution in [1.82, 2.24) is 14.5 Å². The van der Waals surface area contributed by atoms with Gasteiger partial charge in [-0.05, 0) is 116 Å². The Hall–Kier alpha value is -7.88. The van der Waals surface area contributed by atoms with Crippen LogP contribution in [0.3, 0.4) is 0 Å². The van der Waals surface area contributed by atoms with Crippen LogP contribution in [0.5, 0.6) is 0 Å². The molecule has 0 unspecified atom stereocenters. The summed E-state index contributed by atoms with van der Waals surface area (Å²) in [5.74, 6) is 0.936. The van der Waals surface area contributed by atoms with Crippen molar-refractivity contribution in [2.75, 3.05) is 0 Å². The Morgan fingerprint density at radius 3 is 1.54 bits per heavy atom. The highest BCUT2D eigenvalue weighted by Gasteiger charge is 2.21. The molecule has 12 rings (SSSR count). The van der Waals surface area contributed by atoms with Gasteiger partial charge in [0.15, 0.2) is 0 Å². The molecule has 1 aliphatic carbocycles. The predicted molar refractivity (Wildman–Crippen MR) is 253 cm³/mol. The molecule has 11 aromatic rings. The van der Waals surface area contributed by atoms with E-state index in [2.05, 4.69) is 205 Å². The van der Waals surface area contributed by atoms with Crippen LogP contribution >= 0.6 is 0 Å². The summed E-state index contributed by atoms with van der Waals surface area (Å²) in [6.45, 7) is 0. The minimum Gasteiger partial charge on any atom is -0.292 e. The van der Waals surface area contributed by atoms with E-state index in [1.165, 1.54) is 55.3 Å². The largest absolute Gasteiger partial charge is 0.292 e. The Morgan fingerprint density at radius 1 is 0.328 bits per heavy atom. The number of hydrogen-bond donors (Lipinski definition) is 0. The molecule has 3 heteroatoms. The van der Waals surface area contributed by atoms with Crippen molar-refractivity contribution >= 4 is 32.7 Å². The number of para-hydroxylation sites is 3. The summed E-state index contributed by atoms with van der Waals surface area (Å²) < 4.78 is 2.26. The molecular weight excluding hydrogens is 739 g/mol. The molecule has 0 saturated heterocycles. The molecule has 1 aliphatic rings. The summed E-state index contributed by atoms with van der Waals surface area (Å²) in [6, 6.07) is 76.9. The number of rotatable bonds is 4. The Kier molecular flexibility index (Phi) is 8.31. The van der Waals surface area contributed by atoms with E-state index in [-0.39, 0.29) is 0 Å². The minimum atomic E-state index is 0.828. The van der Waals surface area contributed by atoms with Gasteiger partial charge in [-0.1, -0.05) is 170 Å². The third kappa shape index (κ3) is 6.05. The van der Waals surface area contributed by atoms with Gasteiger partial charge in [0.1, 0.15) is 5.82 Å². The molecule has 0 amide bonds. The van der Waals surface area contributed by atoms with Crippen molar-refractivity contribution in [1.29, 1.82) is 0 Å². The first-order valence-corrected chi connectivity index (χ1v) is 21.1. The fourth-order valence-electron chi connectivity index (χ4n) is 9.57. The number of benzene rings is 9. The molecule has 2 aromatic heterocycles. The zero-order valence-electron chi connectivity index (χ0n) is 33.5. The Morgan fingerprint density at radius 2 is 0.852 bits per heavy atom. The molecule has 0 atom stereocenters. The number of imidazole rings is 1. The molecular formula is C58H39N3. The summed E-state index contributed by atoms with van der Waals surface area (Å²) in [5.41, 5.74) is 20.2. The summed E-state index contributed by atoms with van der Waals surface area (Å²) in [6.07, 6.45) is 1.69. The van der Waals surface area contributed by atoms with Crippen LogP contribution in [0.2, 0.25) is 0 Å². The smallest absolute Gasteiger partial charge is 0.145 e. The topological polar surface area (TPSA) is 30.7 Å². The molecule has 9 aromatic carbocycles. The maximum absolute atomic E-state index is 5.41. The van der Waals surface area contributed by atoms with Crippen LogP contribution in [-0.4, -0.2) is 14.5 Å². The first-order valence-electron chi connectivity index (χ1n) is 21.1. The number of aromatic nitrogens is 3. The lowest BCUT2D eigenvalue weighted by atomic mass is 9.82. The van der Waals surface area contributed by atoms with Gasteiger partial charge in [0, 0.05) is 27.6 Å². The van der Waals surface area contributed by atoms with Gasteiger partial charge in [0.05, 0.1) is 22.2 Å². The summed E-state index contributed by atoms with van der Waals surface area (Å²) in [5, 5.41) is 3.57. The van der Waals surface area contributed by atoms with Gasteiger partial charge < -0.3 is 0 Å². The number of fused-ring (bicyclic) bond motifs is 10. The first-order chi connectivity index (χ1) is 30.2. The molecule has 0 fully saturated rings.